The fourth-order valence-corrected chi connectivity index (χ4v) is 5.71. The number of methoxy groups -OCH3 is 1. The quantitative estimate of drug-likeness (QED) is 0.207. The van der Waals surface area contributed by atoms with Gasteiger partial charge in [0, 0.05) is 17.4 Å². The highest BCUT2D eigenvalue weighted by molar-refractivity contribution is 7.80. The number of aromatic nitrogens is 1. The Kier molecular flexibility index (Phi) is 7.02. The summed E-state index contributed by atoms with van der Waals surface area (Å²) in [5.74, 6) is 1.94. The summed E-state index contributed by atoms with van der Waals surface area (Å²) in [6, 6.07) is 24.6. The summed E-state index contributed by atoms with van der Waals surface area (Å²) >= 11 is 5.85. The number of carbonyl (C=O) groups is 1. The standard InChI is InChI=1S/C31H29N3O4S/c1-36-30(35)21-11-9-20(10-12-21)26-17-18-27(38-26)29-28(25-8-4-5-19-32-25)33-31(39)34(29)22-13-15-24(16-14-22)37-23-6-2-3-7-23/h4-5,8-19,23,28-29H,2-3,6-7H2,1H3,(H,33,39)/t28-,29+/m1/s1. The molecule has 2 aromatic heterocycles. The van der Waals surface area contributed by atoms with Crippen LogP contribution in [0, 0.1) is 0 Å². The van der Waals surface area contributed by atoms with E-state index in [1.807, 2.05) is 66.7 Å². The second kappa shape index (κ2) is 10.9. The van der Waals surface area contributed by atoms with Gasteiger partial charge in [-0.15, -0.1) is 0 Å². The molecule has 1 N–H and O–H groups in total. The number of hydrogen-bond acceptors (Lipinski definition) is 6. The molecule has 1 aliphatic heterocycles. The van der Waals surface area contributed by atoms with Crippen molar-refractivity contribution in [1.29, 1.82) is 0 Å². The molecule has 0 spiro atoms. The zero-order valence-corrected chi connectivity index (χ0v) is 22.4. The van der Waals surface area contributed by atoms with E-state index in [0.29, 0.717) is 22.5 Å². The summed E-state index contributed by atoms with van der Waals surface area (Å²) in [5.41, 5.74) is 3.15. The number of ether oxygens (including phenoxy) is 2. The van der Waals surface area contributed by atoms with Gasteiger partial charge in [0.2, 0.25) is 0 Å². The van der Waals surface area contributed by atoms with Crippen molar-refractivity contribution in [2.24, 2.45) is 0 Å². The van der Waals surface area contributed by atoms with E-state index in [-0.39, 0.29) is 18.1 Å². The fourth-order valence-electron chi connectivity index (χ4n) is 5.36. The van der Waals surface area contributed by atoms with Crippen LogP contribution in [0.15, 0.2) is 89.5 Å². The molecule has 4 aromatic rings. The number of esters is 1. The molecular formula is C31H29N3O4S. The van der Waals surface area contributed by atoms with E-state index in [1.165, 1.54) is 20.0 Å². The van der Waals surface area contributed by atoms with E-state index in [0.717, 1.165) is 41.3 Å². The topological polar surface area (TPSA) is 76.8 Å². The first-order chi connectivity index (χ1) is 19.1. The summed E-state index contributed by atoms with van der Waals surface area (Å²) in [5, 5.41) is 4.07. The predicted octanol–water partition coefficient (Wildman–Crippen LogP) is 6.63. The molecule has 2 aromatic carbocycles. The average molecular weight is 540 g/mol. The van der Waals surface area contributed by atoms with Gasteiger partial charge in [0.15, 0.2) is 5.11 Å². The minimum Gasteiger partial charge on any atom is -0.490 e. The highest BCUT2D eigenvalue weighted by Gasteiger charge is 2.42. The number of thiocarbonyl (C=S) groups is 1. The van der Waals surface area contributed by atoms with Gasteiger partial charge in [-0.3, -0.25) is 4.98 Å². The molecule has 39 heavy (non-hydrogen) atoms. The molecule has 1 saturated carbocycles. The Morgan fingerprint density at radius 3 is 2.46 bits per heavy atom. The van der Waals surface area contributed by atoms with Crippen LogP contribution >= 0.6 is 12.2 Å². The van der Waals surface area contributed by atoms with Crippen LogP contribution < -0.4 is 15.0 Å². The van der Waals surface area contributed by atoms with E-state index < -0.39 is 0 Å². The van der Waals surface area contributed by atoms with Crippen molar-refractivity contribution in [2.45, 2.75) is 43.9 Å². The average Bonchev–Trinajstić information content (AvgIpc) is 3.74. The zero-order valence-electron chi connectivity index (χ0n) is 21.6. The Morgan fingerprint density at radius 1 is 1.00 bits per heavy atom. The maximum atomic E-state index is 11.8. The maximum absolute atomic E-state index is 11.8. The first-order valence-electron chi connectivity index (χ1n) is 13.2. The summed E-state index contributed by atoms with van der Waals surface area (Å²) in [6.45, 7) is 0. The van der Waals surface area contributed by atoms with Crippen LogP contribution in [-0.2, 0) is 4.74 Å². The van der Waals surface area contributed by atoms with Crippen molar-refractivity contribution < 1.29 is 18.7 Å². The van der Waals surface area contributed by atoms with Gasteiger partial charge in [-0.05, 0) is 98.6 Å². The number of benzene rings is 2. The minimum absolute atomic E-state index is 0.214. The molecule has 6 rings (SSSR count). The van der Waals surface area contributed by atoms with Crippen LogP contribution in [0.4, 0.5) is 5.69 Å². The second-order valence-electron chi connectivity index (χ2n) is 9.79. The molecule has 2 aliphatic rings. The summed E-state index contributed by atoms with van der Waals surface area (Å²) in [7, 11) is 1.37. The lowest BCUT2D eigenvalue weighted by Gasteiger charge is -2.26. The van der Waals surface area contributed by atoms with Crippen molar-refractivity contribution in [3.63, 3.8) is 0 Å². The molecule has 0 unspecified atom stereocenters. The molecule has 1 aliphatic carbocycles. The van der Waals surface area contributed by atoms with Gasteiger partial charge < -0.3 is 24.1 Å². The third kappa shape index (κ3) is 5.12. The highest BCUT2D eigenvalue weighted by atomic mass is 32.1. The summed E-state index contributed by atoms with van der Waals surface area (Å²) in [4.78, 5) is 18.5. The number of pyridine rings is 1. The van der Waals surface area contributed by atoms with Crippen LogP contribution in [0.1, 0.15) is 59.6 Å². The summed E-state index contributed by atoms with van der Waals surface area (Å²) in [6.07, 6.45) is 6.77. The number of anilines is 1. The normalized spacial score (nSPS) is 19.2. The van der Waals surface area contributed by atoms with Gasteiger partial charge >= 0.3 is 5.97 Å². The van der Waals surface area contributed by atoms with Crippen molar-refractivity contribution in [2.75, 3.05) is 12.0 Å². The molecule has 8 heteroatoms. The van der Waals surface area contributed by atoms with Gasteiger partial charge in [0.25, 0.3) is 0 Å². The van der Waals surface area contributed by atoms with Gasteiger partial charge in [-0.25, -0.2) is 4.79 Å². The number of nitrogens with zero attached hydrogens (tertiary/aromatic N) is 2. The Hall–Kier alpha value is -4.17. The lowest BCUT2D eigenvalue weighted by atomic mass is 10.0. The largest absolute Gasteiger partial charge is 0.490 e. The lowest BCUT2D eigenvalue weighted by Crippen LogP contribution is -2.29. The van der Waals surface area contributed by atoms with E-state index in [2.05, 4.69) is 15.2 Å². The number of rotatable bonds is 7. The Balaban J connectivity index is 1.32. The second-order valence-corrected chi connectivity index (χ2v) is 10.2. The monoisotopic (exact) mass is 539 g/mol. The van der Waals surface area contributed by atoms with E-state index >= 15 is 0 Å². The Morgan fingerprint density at radius 2 is 1.77 bits per heavy atom. The third-order valence-corrected chi connectivity index (χ3v) is 7.64. The smallest absolute Gasteiger partial charge is 0.337 e. The number of nitrogens with one attached hydrogen (secondary N) is 1. The molecule has 3 heterocycles. The number of carbonyl (C=O) groups excluding carboxylic acids is 1. The number of furan rings is 1. The van der Waals surface area contributed by atoms with Gasteiger partial charge in [-0.1, -0.05) is 18.2 Å². The Labute approximate surface area is 232 Å². The molecular weight excluding hydrogens is 510 g/mol. The molecule has 0 amide bonds. The van der Waals surface area contributed by atoms with Crippen molar-refractivity contribution in [3.05, 3.63) is 102 Å². The predicted molar refractivity (Wildman–Crippen MR) is 153 cm³/mol. The van der Waals surface area contributed by atoms with Gasteiger partial charge in [-0.2, -0.15) is 0 Å². The van der Waals surface area contributed by atoms with Gasteiger partial charge in [0.1, 0.15) is 23.3 Å². The van der Waals surface area contributed by atoms with E-state index in [1.54, 1.807) is 18.3 Å². The first kappa shape index (κ1) is 25.1. The maximum Gasteiger partial charge on any atom is 0.337 e. The SMILES string of the molecule is COC(=O)c1ccc(-c2ccc([C@H]3[C@@H](c4ccccn4)NC(=S)N3c3ccc(OC4CCCC4)cc3)o2)cc1. The lowest BCUT2D eigenvalue weighted by molar-refractivity contribution is 0.0600. The first-order valence-corrected chi connectivity index (χ1v) is 13.6. The zero-order chi connectivity index (χ0) is 26.8. The molecule has 1 saturated heterocycles. The minimum atomic E-state index is -0.374. The molecule has 2 atom stereocenters. The van der Waals surface area contributed by atoms with Crippen molar-refractivity contribution in [3.8, 4) is 17.1 Å². The van der Waals surface area contributed by atoms with Gasteiger partial charge in [0.05, 0.1) is 30.5 Å². The third-order valence-electron chi connectivity index (χ3n) is 7.33. The number of hydrogen-bond donors (Lipinski definition) is 1. The van der Waals surface area contributed by atoms with Crippen LogP contribution in [0.5, 0.6) is 5.75 Å². The molecule has 198 valence electrons. The molecule has 0 radical (unpaired) electrons. The van der Waals surface area contributed by atoms with E-state index in [9.17, 15) is 4.79 Å². The molecule has 7 nitrogen and oxygen atoms in total. The van der Waals surface area contributed by atoms with E-state index in [4.69, 9.17) is 26.1 Å². The summed E-state index contributed by atoms with van der Waals surface area (Å²) < 4.78 is 17.4. The Bertz CT molecular complexity index is 1450. The highest BCUT2D eigenvalue weighted by Crippen LogP contribution is 2.43. The van der Waals surface area contributed by atoms with Crippen molar-refractivity contribution >= 4 is 29.0 Å². The van der Waals surface area contributed by atoms with Crippen LogP contribution in [0.2, 0.25) is 0 Å². The molecule has 2 fully saturated rings. The van der Waals surface area contributed by atoms with Crippen LogP contribution in [0.3, 0.4) is 0 Å². The van der Waals surface area contributed by atoms with Crippen molar-refractivity contribution in [1.82, 2.24) is 10.3 Å². The van der Waals surface area contributed by atoms with Crippen LogP contribution in [0.25, 0.3) is 11.3 Å². The molecule has 0 bridgehead atoms. The van der Waals surface area contributed by atoms with Crippen LogP contribution in [-0.4, -0.2) is 29.3 Å². The fraction of sp³-hybridized carbons (Fsp3) is 0.258.